The van der Waals surface area contributed by atoms with Crippen LogP contribution in [0.25, 0.3) is 0 Å². The first-order valence-electron chi connectivity index (χ1n) is 9.77. The highest BCUT2D eigenvalue weighted by atomic mass is 16.6. The maximum atomic E-state index is 12.1. The molecule has 24 heavy (non-hydrogen) atoms. The van der Waals surface area contributed by atoms with Crippen LogP contribution in [0.2, 0.25) is 0 Å². The third-order valence-corrected chi connectivity index (χ3v) is 7.71. The van der Waals surface area contributed by atoms with Crippen molar-refractivity contribution in [3.05, 3.63) is 0 Å². The highest BCUT2D eigenvalue weighted by molar-refractivity contribution is 5.79. The molecule has 0 aromatic carbocycles. The summed E-state index contributed by atoms with van der Waals surface area (Å²) in [7, 11) is 0. The molecule has 4 fully saturated rings. The van der Waals surface area contributed by atoms with Gasteiger partial charge < -0.3 is 9.47 Å². The van der Waals surface area contributed by atoms with E-state index in [-0.39, 0.29) is 24.6 Å². The van der Waals surface area contributed by atoms with E-state index < -0.39 is 5.41 Å². The largest absolute Gasteiger partial charge is 0.460 e. The molecule has 4 rings (SSSR count). The van der Waals surface area contributed by atoms with Crippen molar-refractivity contribution in [1.82, 2.24) is 0 Å². The molecule has 4 aliphatic carbocycles. The summed E-state index contributed by atoms with van der Waals surface area (Å²) >= 11 is 0. The summed E-state index contributed by atoms with van der Waals surface area (Å²) in [5, 5.41) is 0. The van der Waals surface area contributed by atoms with Gasteiger partial charge in [-0.15, -0.1) is 0 Å². The van der Waals surface area contributed by atoms with Gasteiger partial charge >= 0.3 is 11.9 Å². The second kappa shape index (κ2) is 5.74. The van der Waals surface area contributed by atoms with E-state index in [1.165, 1.54) is 25.7 Å². The van der Waals surface area contributed by atoms with Crippen molar-refractivity contribution < 1.29 is 19.1 Å². The van der Waals surface area contributed by atoms with Crippen LogP contribution in [-0.4, -0.2) is 24.6 Å². The molecule has 0 aliphatic heterocycles. The van der Waals surface area contributed by atoms with Crippen LogP contribution in [0.1, 0.15) is 59.3 Å². The predicted octanol–water partition coefficient (Wildman–Crippen LogP) is 3.58. The van der Waals surface area contributed by atoms with Gasteiger partial charge in [-0.3, -0.25) is 4.79 Å². The van der Waals surface area contributed by atoms with Crippen LogP contribution in [0.5, 0.6) is 0 Å². The summed E-state index contributed by atoms with van der Waals surface area (Å²) in [5.74, 6) is 4.24. The maximum Gasteiger partial charge on any atom is 0.344 e. The van der Waals surface area contributed by atoms with Gasteiger partial charge in [-0.1, -0.05) is 6.92 Å². The fourth-order valence-corrected chi connectivity index (χ4v) is 6.31. The van der Waals surface area contributed by atoms with Crippen LogP contribution in [0.3, 0.4) is 0 Å². The van der Waals surface area contributed by atoms with Crippen molar-refractivity contribution in [1.29, 1.82) is 0 Å². The summed E-state index contributed by atoms with van der Waals surface area (Å²) in [5.41, 5.74) is -0.539. The van der Waals surface area contributed by atoms with Crippen LogP contribution >= 0.6 is 0 Å². The smallest absolute Gasteiger partial charge is 0.344 e. The van der Waals surface area contributed by atoms with E-state index in [0.29, 0.717) is 12.3 Å². The molecule has 7 unspecified atom stereocenters. The van der Waals surface area contributed by atoms with Crippen molar-refractivity contribution in [2.24, 2.45) is 40.9 Å². The molecule has 0 spiro atoms. The van der Waals surface area contributed by atoms with Gasteiger partial charge in [0.2, 0.25) is 0 Å². The highest BCUT2D eigenvalue weighted by Gasteiger charge is 2.63. The Morgan fingerprint density at radius 3 is 2.42 bits per heavy atom. The fourth-order valence-electron chi connectivity index (χ4n) is 6.31. The summed E-state index contributed by atoms with van der Waals surface area (Å²) in [4.78, 5) is 24.1. The minimum Gasteiger partial charge on any atom is -0.460 e. The topological polar surface area (TPSA) is 52.6 Å². The van der Waals surface area contributed by atoms with E-state index in [4.69, 9.17) is 9.47 Å². The molecule has 0 saturated heterocycles. The Morgan fingerprint density at radius 1 is 1.00 bits per heavy atom. The summed E-state index contributed by atoms with van der Waals surface area (Å²) in [6.45, 7) is 5.38. The minimum absolute atomic E-state index is 0.0704. The normalized spacial score (nSPS) is 42.2. The summed E-state index contributed by atoms with van der Waals surface area (Å²) < 4.78 is 10.9. The molecule has 4 aliphatic rings. The molecule has 4 saturated carbocycles. The minimum atomic E-state index is -0.539. The number of hydrogen-bond acceptors (Lipinski definition) is 4. The monoisotopic (exact) mass is 334 g/mol. The molecule has 0 heterocycles. The van der Waals surface area contributed by atoms with Gasteiger partial charge in [0.05, 0.1) is 5.41 Å². The van der Waals surface area contributed by atoms with Gasteiger partial charge in [0.15, 0.2) is 6.61 Å². The molecule has 4 nitrogen and oxygen atoms in total. The van der Waals surface area contributed by atoms with E-state index in [1.54, 1.807) is 0 Å². The maximum absolute atomic E-state index is 12.1. The second-order valence-corrected chi connectivity index (χ2v) is 9.23. The average Bonchev–Trinajstić information content (AvgIpc) is 3.30. The molecular weight excluding hydrogens is 304 g/mol. The lowest BCUT2D eigenvalue weighted by Gasteiger charge is -2.38. The van der Waals surface area contributed by atoms with Crippen molar-refractivity contribution in [2.45, 2.75) is 65.4 Å². The SMILES string of the molecule is CCC(C)(C)C(=O)OCC(=O)OC1CC2CC1C1C3CCC(C3)C21. The predicted molar refractivity (Wildman–Crippen MR) is 88.9 cm³/mol. The molecule has 0 radical (unpaired) electrons. The van der Waals surface area contributed by atoms with Gasteiger partial charge in [-0.2, -0.15) is 0 Å². The first kappa shape index (κ1) is 16.4. The van der Waals surface area contributed by atoms with E-state index in [9.17, 15) is 9.59 Å². The third kappa shape index (κ3) is 2.48. The van der Waals surface area contributed by atoms with Crippen LogP contribution in [0.15, 0.2) is 0 Å². The Balaban J connectivity index is 1.30. The lowest BCUT2D eigenvalue weighted by Crippen LogP contribution is -2.38. The number of rotatable bonds is 5. The Bertz CT molecular complexity index is 540. The van der Waals surface area contributed by atoms with Gasteiger partial charge in [0.25, 0.3) is 0 Å². The Kier molecular flexibility index (Phi) is 3.92. The first-order chi connectivity index (χ1) is 11.4. The fraction of sp³-hybridized carbons (Fsp3) is 0.900. The number of esters is 2. The Labute approximate surface area is 144 Å². The standard InChI is InChI=1S/C20H30O4/c1-4-20(2,3)19(22)23-10-16(21)24-15-9-13-8-14(15)18-12-6-5-11(7-12)17(13)18/h11-15,17-18H,4-10H2,1-3H3. The molecule has 0 amide bonds. The number of carbonyl (C=O) groups is 2. The van der Waals surface area contributed by atoms with E-state index in [1.807, 2.05) is 20.8 Å². The number of hydrogen-bond donors (Lipinski definition) is 0. The zero-order valence-electron chi connectivity index (χ0n) is 15.1. The van der Waals surface area contributed by atoms with Gasteiger partial charge in [0, 0.05) is 0 Å². The quantitative estimate of drug-likeness (QED) is 0.569. The van der Waals surface area contributed by atoms with E-state index >= 15 is 0 Å². The lowest BCUT2D eigenvalue weighted by molar-refractivity contribution is -0.169. The zero-order chi connectivity index (χ0) is 17.1. The zero-order valence-corrected chi connectivity index (χ0v) is 15.1. The van der Waals surface area contributed by atoms with Crippen molar-refractivity contribution in [3.63, 3.8) is 0 Å². The van der Waals surface area contributed by atoms with Gasteiger partial charge in [-0.25, -0.2) is 4.79 Å². The summed E-state index contributed by atoms with van der Waals surface area (Å²) in [6, 6.07) is 0. The van der Waals surface area contributed by atoms with Crippen LogP contribution in [-0.2, 0) is 19.1 Å². The van der Waals surface area contributed by atoms with Gasteiger partial charge in [0.1, 0.15) is 6.10 Å². The average molecular weight is 334 g/mol. The Morgan fingerprint density at radius 2 is 1.71 bits per heavy atom. The van der Waals surface area contributed by atoms with Crippen molar-refractivity contribution in [3.8, 4) is 0 Å². The Hall–Kier alpha value is -1.06. The number of fused-ring (bicyclic) bond motifs is 9. The summed E-state index contributed by atoms with van der Waals surface area (Å²) in [6.07, 6.45) is 7.30. The molecule has 4 bridgehead atoms. The lowest BCUT2D eigenvalue weighted by atomic mass is 9.70. The number of carbonyl (C=O) groups excluding carboxylic acids is 2. The van der Waals surface area contributed by atoms with Crippen LogP contribution in [0.4, 0.5) is 0 Å². The molecule has 0 N–H and O–H groups in total. The molecular formula is C20H30O4. The molecule has 7 atom stereocenters. The number of ether oxygens (including phenoxy) is 2. The molecule has 0 aromatic rings. The van der Waals surface area contributed by atoms with E-state index in [0.717, 1.165) is 36.0 Å². The first-order valence-corrected chi connectivity index (χ1v) is 9.77. The second-order valence-electron chi connectivity index (χ2n) is 9.23. The van der Waals surface area contributed by atoms with Gasteiger partial charge in [-0.05, 0) is 87.9 Å². The van der Waals surface area contributed by atoms with Crippen LogP contribution < -0.4 is 0 Å². The highest BCUT2D eigenvalue weighted by Crippen LogP contribution is 2.67. The third-order valence-electron chi connectivity index (χ3n) is 7.71. The van der Waals surface area contributed by atoms with Crippen LogP contribution in [0, 0.1) is 40.9 Å². The molecule has 0 aromatic heterocycles. The molecule has 4 heteroatoms. The van der Waals surface area contributed by atoms with Crippen molar-refractivity contribution in [2.75, 3.05) is 6.61 Å². The van der Waals surface area contributed by atoms with Crippen molar-refractivity contribution >= 4 is 11.9 Å². The van der Waals surface area contributed by atoms with E-state index in [2.05, 4.69) is 0 Å². The molecule has 134 valence electrons.